The lowest BCUT2D eigenvalue weighted by atomic mass is 10.0. The molecular formula is C20H31ClN4O3. The zero-order valence-corrected chi connectivity index (χ0v) is 17.7. The summed E-state index contributed by atoms with van der Waals surface area (Å²) in [7, 11) is 0. The standard InChI is InChI=1S/C20H30N4O3.ClH/c1-12(2)17(23-18(25)14(4)21)20(27)24-11-5-6-16(24)19(26)22-15-9-7-13(3)8-10-15;/h7-10,12,14,16-17H,5-6,11,21H2,1-4H3,(H,22,26)(H,23,25);1H/t14-,16-,17-;/m0./s1. The Morgan fingerprint density at radius 2 is 1.75 bits per heavy atom. The van der Waals surface area contributed by atoms with Gasteiger partial charge in [0.25, 0.3) is 0 Å². The number of carbonyl (C=O) groups is 3. The van der Waals surface area contributed by atoms with E-state index in [2.05, 4.69) is 10.6 Å². The molecule has 0 spiro atoms. The van der Waals surface area contributed by atoms with Crippen molar-refractivity contribution >= 4 is 35.8 Å². The number of hydrogen-bond donors (Lipinski definition) is 3. The van der Waals surface area contributed by atoms with E-state index < -0.39 is 18.1 Å². The van der Waals surface area contributed by atoms with Gasteiger partial charge in [-0.2, -0.15) is 0 Å². The highest BCUT2D eigenvalue weighted by atomic mass is 35.5. The molecule has 0 bridgehead atoms. The molecule has 3 amide bonds. The SMILES string of the molecule is Cc1ccc(NC(=O)[C@@H]2CCCN2C(=O)[C@@H](NC(=O)[C@H](C)N)C(C)C)cc1.Cl. The Labute approximate surface area is 172 Å². The van der Waals surface area contributed by atoms with Crippen molar-refractivity contribution in [3.63, 3.8) is 0 Å². The molecule has 1 aliphatic heterocycles. The summed E-state index contributed by atoms with van der Waals surface area (Å²) in [5.41, 5.74) is 7.42. The Morgan fingerprint density at radius 1 is 1.14 bits per heavy atom. The quantitative estimate of drug-likeness (QED) is 0.665. The normalized spacial score (nSPS) is 18.2. The molecule has 1 heterocycles. The Morgan fingerprint density at radius 3 is 2.29 bits per heavy atom. The van der Waals surface area contributed by atoms with Crippen LogP contribution in [0.3, 0.4) is 0 Å². The first-order valence-corrected chi connectivity index (χ1v) is 9.44. The van der Waals surface area contributed by atoms with E-state index >= 15 is 0 Å². The first kappa shape index (κ1) is 23.9. The van der Waals surface area contributed by atoms with E-state index in [0.29, 0.717) is 18.7 Å². The number of amides is 3. The molecule has 1 aromatic rings. The first-order chi connectivity index (χ1) is 12.7. The average molecular weight is 411 g/mol. The van der Waals surface area contributed by atoms with Gasteiger partial charge in [-0.3, -0.25) is 14.4 Å². The number of carbonyl (C=O) groups excluding carboxylic acids is 3. The van der Waals surface area contributed by atoms with Crippen molar-refractivity contribution in [1.29, 1.82) is 0 Å². The van der Waals surface area contributed by atoms with Gasteiger partial charge in [0, 0.05) is 12.2 Å². The number of rotatable bonds is 6. The molecule has 156 valence electrons. The molecule has 2 rings (SSSR count). The van der Waals surface area contributed by atoms with E-state index in [-0.39, 0.29) is 36.0 Å². The zero-order valence-electron chi connectivity index (χ0n) is 16.9. The number of likely N-dealkylation sites (tertiary alicyclic amines) is 1. The third-order valence-corrected chi connectivity index (χ3v) is 4.80. The molecule has 0 aromatic heterocycles. The molecule has 1 aliphatic rings. The summed E-state index contributed by atoms with van der Waals surface area (Å²) in [4.78, 5) is 39.3. The van der Waals surface area contributed by atoms with Crippen LogP contribution in [0.25, 0.3) is 0 Å². The van der Waals surface area contributed by atoms with Gasteiger partial charge in [-0.15, -0.1) is 12.4 Å². The lowest BCUT2D eigenvalue weighted by Crippen LogP contribution is -2.56. The fourth-order valence-electron chi connectivity index (χ4n) is 3.14. The summed E-state index contributed by atoms with van der Waals surface area (Å²) in [6.45, 7) is 7.78. The fraction of sp³-hybridized carbons (Fsp3) is 0.550. The van der Waals surface area contributed by atoms with Crippen LogP contribution in [0.15, 0.2) is 24.3 Å². The Balaban J connectivity index is 0.00000392. The van der Waals surface area contributed by atoms with Crippen LogP contribution in [-0.4, -0.2) is 47.3 Å². The van der Waals surface area contributed by atoms with Crippen molar-refractivity contribution in [2.75, 3.05) is 11.9 Å². The largest absolute Gasteiger partial charge is 0.343 e. The molecule has 1 saturated heterocycles. The number of aryl methyl sites for hydroxylation is 1. The van der Waals surface area contributed by atoms with Crippen molar-refractivity contribution in [2.24, 2.45) is 11.7 Å². The number of nitrogens with one attached hydrogen (secondary N) is 2. The average Bonchev–Trinajstić information content (AvgIpc) is 3.10. The van der Waals surface area contributed by atoms with Gasteiger partial charge >= 0.3 is 0 Å². The van der Waals surface area contributed by atoms with Crippen LogP contribution in [0.4, 0.5) is 5.69 Å². The molecule has 0 saturated carbocycles. The van der Waals surface area contributed by atoms with Gasteiger partial charge in [0.15, 0.2) is 0 Å². The number of nitrogens with zero attached hydrogens (tertiary/aromatic N) is 1. The molecule has 7 nitrogen and oxygen atoms in total. The molecule has 3 atom stereocenters. The maximum Gasteiger partial charge on any atom is 0.247 e. The second-order valence-electron chi connectivity index (χ2n) is 7.56. The summed E-state index contributed by atoms with van der Waals surface area (Å²) >= 11 is 0. The molecule has 1 fully saturated rings. The lowest BCUT2D eigenvalue weighted by molar-refractivity contribution is -0.141. The van der Waals surface area contributed by atoms with Crippen LogP contribution in [-0.2, 0) is 14.4 Å². The molecule has 1 aromatic carbocycles. The molecule has 28 heavy (non-hydrogen) atoms. The van der Waals surface area contributed by atoms with Crippen LogP contribution < -0.4 is 16.4 Å². The second kappa shape index (κ2) is 10.4. The summed E-state index contributed by atoms with van der Waals surface area (Å²) in [6.07, 6.45) is 1.36. The van der Waals surface area contributed by atoms with Gasteiger partial charge in [0.05, 0.1) is 6.04 Å². The Hall–Kier alpha value is -2.12. The minimum absolute atomic E-state index is 0. The van der Waals surface area contributed by atoms with Gasteiger partial charge in [0.2, 0.25) is 17.7 Å². The maximum absolute atomic E-state index is 13.0. The topological polar surface area (TPSA) is 105 Å². The summed E-state index contributed by atoms with van der Waals surface area (Å²) in [5.74, 6) is -0.921. The highest BCUT2D eigenvalue weighted by Gasteiger charge is 2.38. The summed E-state index contributed by atoms with van der Waals surface area (Å²) in [5, 5.41) is 5.60. The van der Waals surface area contributed by atoms with E-state index in [0.717, 1.165) is 12.0 Å². The third kappa shape index (κ3) is 5.94. The van der Waals surface area contributed by atoms with Crippen molar-refractivity contribution in [3.05, 3.63) is 29.8 Å². The number of halogens is 1. The van der Waals surface area contributed by atoms with Crippen LogP contribution in [0.1, 0.15) is 39.2 Å². The molecule has 4 N–H and O–H groups in total. The van der Waals surface area contributed by atoms with Crippen molar-refractivity contribution in [1.82, 2.24) is 10.2 Å². The van der Waals surface area contributed by atoms with E-state index in [9.17, 15) is 14.4 Å². The smallest absolute Gasteiger partial charge is 0.247 e. The van der Waals surface area contributed by atoms with Gasteiger partial charge < -0.3 is 21.3 Å². The first-order valence-electron chi connectivity index (χ1n) is 9.44. The number of benzene rings is 1. The van der Waals surface area contributed by atoms with Gasteiger partial charge in [-0.1, -0.05) is 31.5 Å². The summed E-state index contributed by atoms with van der Waals surface area (Å²) < 4.78 is 0. The van der Waals surface area contributed by atoms with E-state index in [1.807, 2.05) is 45.0 Å². The second-order valence-corrected chi connectivity index (χ2v) is 7.56. The lowest BCUT2D eigenvalue weighted by Gasteiger charge is -2.30. The van der Waals surface area contributed by atoms with Gasteiger partial charge in [-0.05, 0) is 44.7 Å². The van der Waals surface area contributed by atoms with Crippen LogP contribution >= 0.6 is 12.4 Å². The Bertz CT molecular complexity index is 691. The number of hydrogen-bond acceptors (Lipinski definition) is 4. The van der Waals surface area contributed by atoms with E-state index in [1.54, 1.807) is 11.8 Å². The molecule has 8 heteroatoms. The number of anilines is 1. The van der Waals surface area contributed by atoms with Crippen LogP contribution in [0.2, 0.25) is 0 Å². The maximum atomic E-state index is 13.0. The van der Waals surface area contributed by atoms with E-state index in [1.165, 1.54) is 0 Å². The third-order valence-electron chi connectivity index (χ3n) is 4.80. The van der Waals surface area contributed by atoms with Crippen LogP contribution in [0, 0.1) is 12.8 Å². The highest BCUT2D eigenvalue weighted by molar-refractivity contribution is 5.99. The minimum Gasteiger partial charge on any atom is -0.343 e. The predicted octanol–water partition coefficient (Wildman–Crippen LogP) is 1.83. The Kier molecular flexibility index (Phi) is 8.91. The van der Waals surface area contributed by atoms with Crippen molar-refractivity contribution in [3.8, 4) is 0 Å². The minimum atomic E-state index is -0.698. The highest BCUT2D eigenvalue weighted by Crippen LogP contribution is 2.22. The monoisotopic (exact) mass is 410 g/mol. The predicted molar refractivity (Wildman–Crippen MR) is 112 cm³/mol. The molecule has 0 aliphatic carbocycles. The summed E-state index contributed by atoms with van der Waals surface area (Å²) in [6, 6.07) is 5.60. The van der Waals surface area contributed by atoms with Gasteiger partial charge in [-0.25, -0.2) is 0 Å². The fourth-order valence-corrected chi connectivity index (χ4v) is 3.14. The molecular weight excluding hydrogens is 380 g/mol. The number of nitrogens with two attached hydrogens (primary N) is 1. The van der Waals surface area contributed by atoms with Gasteiger partial charge in [0.1, 0.15) is 12.1 Å². The van der Waals surface area contributed by atoms with Crippen molar-refractivity contribution < 1.29 is 14.4 Å². The molecule has 0 unspecified atom stereocenters. The van der Waals surface area contributed by atoms with Crippen molar-refractivity contribution in [2.45, 2.75) is 58.7 Å². The van der Waals surface area contributed by atoms with E-state index in [4.69, 9.17) is 5.73 Å². The zero-order chi connectivity index (χ0) is 20.1. The van der Waals surface area contributed by atoms with Crippen LogP contribution in [0.5, 0.6) is 0 Å². The molecule has 0 radical (unpaired) electrons.